The molecule has 0 spiro atoms. The van der Waals surface area contributed by atoms with Crippen molar-refractivity contribution in [2.45, 2.75) is 0 Å². The highest BCUT2D eigenvalue weighted by Crippen LogP contribution is 2.35. The Balaban J connectivity index is 1.12. The van der Waals surface area contributed by atoms with Crippen LogP contribution >= 0.6 is 0 Å². The van der Waals surface area contributed by atoms with E-state index in [0.717, 1.165) is 50.1 Å². The second-order valence-electron chi connectivity index (χ2n) is 13.7. The summed E-state index contributed by atoms with van der Waals surface area (Å²) in [6, 6.07) is 66.9. The van der Waals surface area contributed by atoms with E-state index >= 15 is 0 Å². The second-order valence-corrected chi connectivity index (χ2v) is 13.7. The Kier molecular flexibility index (Phi) is 7.70. The first-order valence-electron chi connectivity index (χ1n) is 18.3. The summed E-state index contributed by atoms with van der Waals surface area (Å²) >= 11 is 0. The molecule has 10 rings (SSSR count). The fraction of sp³-hybridized carbons (Fsp3) is 0. The third-order valence-electron chi connectivity index (χ3n) is 10.5. The number of hydrogen-bond donors (Lipinski definition) is 0. The molecule has 0 radical (unpaired) electrons. The van der Waals surface area contributed by atoms with Crippen molar-refractivity contribution in [1.29, 1.82) is 0 Å². The van der Waals surface area contributed by atoms with Crippen LogP contribution in [-0.4, -0.2) is 13.7 Å². The maximum Gasteiger partial charge on any atom is 0.340 e. The molecule has 55 heavy (non-hydrogen) atoms. The van der Waals surface area contributed by atoms with Crippen LogP contribution < -0.4 is 11.2 Å². The number of fused-ring (bicyclic) bond motifs is 4. The van der Waals surface area contributed by atoms with Crippen molar-refractivity contribution in [2.24, 2.45) is 0 Å². The zero-order valence-corrected chi connectivity index (χ0v) is 29.7. The van der Waals surface area contributed by atoms with Crippen molar-refractivity contribution in [2.75, 3.05) is 0 Å². The minimum Gasteiger partial charge on any atom is -0.309 e. The molecule has 0 aliphatic carbocycles. The number of nitrogens with zero attached hydrogens (tertiary/aromatic N) is 3. The molecule has 2 heterocycles. The molecule has 0 aliphatic rings. The van der Waals surface area contributed by atoms with Crippen molar-refractivity contribution >= 4 is 32.7 Å². The van der Waals surface area contributed by atoms with Gasteiger partial charge in [0.2, 0.25) is 0 Å². The molecule has 0 atom stereocenters. The highest BCUT2D eigenvalue weighted by Gasteiger charge is 2.18. The van der Waals surface area contributed by atoms with E-state index in [1.54, 1.807) is 10.6 Å². The molecule has 0 saturated carbocycles. The van der Waals surface area contributed by atoms with Crippen molar-refractivity contribution < 1.29 is 0 Å². The summed E-state index contributed by atoms with van der Waals surface area (Å²) in [4.78, 5) is 29.1. The highest BCUT2D eigenvalue weighted by molar-refractivity contribution is 6.10. The number of para-hydroxylation sites is 3. The molecule has 0 bridgehead atoms. The third-order valence-corrected chi connectivity index (χ3v) is 10.5. The molecule has 0 N–H and O–H groups in total. The molecule has 0 amide bonds. The maximum absolute atomic E-state index is 14.8. The second kappa shape index (κ2) is 13.2. The van der Waals surface area contributed by atoms with Crippen LogP contribution in [0.4, 0.5) is 0 Å². The van der Waals surface area contributed by atoms with Gasteiger partial charge in [-0.3, -0.25) is 9.36 Å². The third kappa shape index (κ3) is 5.49. The van der Waals surface area contributed by atoms with Gasteiger partial charge in [0.1, 0.15) is 0 Å². The normalized spacial score (nSPS) is 11.4. The first-order chi connectivity index (χ1) is 27.1. The molecule has 0 saturated heterocycles. The van der Waals surface area contributed by atoms with Gasteiger partial charge in [-0.05, 0) is 106 Å². The van der Waals surface area contributed by atoms with E-state index in [2.05, 4.69) is 77.4 Å². The van der Waals surface area contributed by atoms with Crippen LogP contribution in [0.3, 0.4) is 0 Å². The zero-order chi connectivity index (χ0) is 36.9. The molecular weight excluding hydrogens is 675 g/mol. The summed E-state index contributed by atoms with van der Waals surface area (Å²) in [7, 11) is 0. The van der Waals surface area contributed by atoms with Crippen LogP contribution in [0.5, 0.6) is 0 Å². The molecule has 0 unspecified atom stereocenters. The Morgan fingerprint density at radius 1 is 0.273 bits per heavy atom. The number of rotatable bonds is 6. The van der Waals surface area contributed by atoms with Gasteiger partial charge in [0.05, 0.1) is 33.3 Å². The minimum atomic E-state index is -0.434. The van der Waals surface area contributed by atoms with Crippen LogP contribution in [0.1, 0.15) is 0 Å². The Hall–Kier alpha value is -7.50. The van der Waals surface area contributed by atoms with E-state index in [1.165, 1.54) is 15.3 Å². The summed E-state index contributed by atoms with van der Waals surface area (Å²) in [5, 5.41) is 2.81. The largest absolute Gasteiger partial charge is 0.340 e. The Bertz CT molecular complexity index is 3100. The number of aromatic nitrogens is 3. The molecule has 8 aromatic carbocycles. The Morgan fingerprint density at radius 3 is 1.38 bits per heavy atom. The van der Waals surface area contributed by atoms with E-state index in [9.17, 15) is 9.59 Å². The van der Waals surface area contributed by atoms with Gasteiger partial charge in [-0.25, -0.2) is 9.36 Å². The summed E-state index contributed by atoms with van der Waals surface area (Å²) in [5.74, 6) is 0. The Labute approximate surface area is 316 Å². The molecule has 260 valence electrons. The molecule has 5 nitrogen and oxygen atoms in total. The number of hydrogen-bond acceptors (Lipinski definition) is 2. The minimum absolute atomic E-state index is 0.360. The molecule has 2 aromatic heterocycles. The van der Waals surface area contributed by atoms with E-state index in [4.69, 9.17) is 0 Å². The van der Waals surface area contributed by atoms with E-state index < -0.39 is 5.69 Å². The monoisotopic (exact) mass is 707 g/mol. The van der Waals surface area contributed by atoms with Crippen LogP contribution in [0.25, 0.3) is 83.2 Å². The lowest BCUT2D eigenvalue weighted by molar-refractivity contribution is 0.835. The smallest absolute Gasteiger partial charge is 0.309 e. The van der Waals surface area contributed by atoms with E-state index in [0.29, 0.717) is 22.3 Å². The SMILES string of the molecule is O=c1c2ccccc2n(-c2ccc(-c3ccc4c(c3)c3ccccc3n4-c3ccccc3)cc2)c(=O)n1-c1cc(-c2ccccc2)cc(-c2ccccc2)c1. The van der Waals surface area contributed by atoms with E-state index in [1.807, 2.05) is 121 Å². The first-order valence-corrected chi connectivity index (χ1v) is 18.3. The number of benzene rings is 8. The van der Waals surface area contributed by atoms with Crippen LogP contribution in [0, 0.1) is 0 Å². The highest BCUT2D eigenvalue weighted by atomic mass is 16.2. The molecule has 0 fully saturated rings. The fourth-order valence-electron chi connectivity index (χ4n) is 7.88. The summed E-state index contributed by atoms with van der Waals surface area (Å²) in [6.45, 7) is 0. The average molecular weight is 708 g/mol. The van der Waals surface area contributed by atoms with Gasteiger partial charge in [-0.2, -0.15) is 0 Å². The van der Waals surface area contributed by atoms with Crippen LogP contribution in [0.15, 0.2) is 210 Å². The molecule has 0 aliphatic heterocycles. The molecule has 5 heteroatoms. The van der Waals surface area contributed by atoms with Gasteiger partial charge in [0.15, 0.2) is 0 Å². The molecular formula is C50H33N3O2. The average Bonchev–Trinajstić information content (AvgIpc) is 3.58. The predicted octanol–water partition coefficient (Wildman–Crippen LogP) is 11.2. The Morgan fingerprint density at radius 2 is 0.745 bits per heavy atom. The summed E-state index contributed by atoms with van der Waals surface area (Å²) < 4.78 is 5.27. The van der Waals surface area contributed by atoms with Crippen LogP contribution in [-0.2, 0) is 0 Å². The lowest BCUT2D eigenvalue weighted by Gasteiger charge is -2.17. The van der Waals surface area contributed by atoms with Gasteiger partial charge in [0, 0.05) is 16.5 Å². The summed E-state index contributed by atoms with van der Waals surface area (Å²) in [6.07, 6.45) is 0. The zero-order valence-electron chi connectivity index (χ0n) is 29.7. The standard InChI is InChI=1S/C50H33N3O2/c54-49-44-21-11-13-23-47(44)52(50(55)53(49)42-31-38(34-14-4-1-5-15-34)30-39(32-42)35-16-6-2-7-17-35)41-27-24-36(25-28-41)37-26-29-48-45(33-37)43-20-10-12-22-46(43)51(48)40-18-8-3-9-19-40/h1-33H. The van der Waals surface area contributed by atoms with Crippen molar-refractivity contribution in [1.82, 2.24) is 13.7 Å². The quantitative estimate of drug-likeness (QED) is 0.173. The van der Waals surface area contributed by atoms with E-state index in [-0.39, 0.29) is 5.56 Å². The van der Waals surface area contributed by atoms with Gasteiger partial charge in [0.25, 0.3) is 5.56 Å². The van der Waals surface area contributed by atoms with Crippen molar-refractivity contribution in [3.63, 3.8) is 0 Å². The summed E-state index contributed by atoms with van der Waals surface area (Å²) in [5.41, 5.74) is 10.3. The van der Waals surface area contributed by atoms with Crippen molar-refractivity contribution in [3.05, 3.63) is 221 Å². The lowest BCUT2D eigenvalue weighted by atomic mass is 9.98. The molecule has 10 aromatic rings. The van der Waals surface area contributed by atoms with Gasteiger partial charge < -0.3 is 4.57 Å². The van der Waals surface area contributed by atoms with Gasteiger partial charge in [-0.1, -0.05) is 127 Å². The van der Waals surface area contributed by atoms with Crippen LogP contribution in [0.2, 0.25) is 0 Å². The lowest BCUT2D eigenvalue weighted by Crippen LogP contribution is -2.38. The first kappa shape index (κ1) is 32.2. The fourth-order valence-corrected chi connectivity index (χ4v) is 7.88. The maximum atomic E-state index is 14.8. The van der Waals surface area contributed by atoms with Gasteiger partial charge >= 0.3 is 5.69 Å². The van der Waals surface area contributed by atoms with Crippen molar-refractivity contribution in [3.8, 4) is 50.4 Å². The predicted molar refractivity (Wildman–Crippen MR) is 226 cm³/mol. The van der Waals surface area contributed by atoms with Gasteiger partial charge in [-0.15, -0.1) is 0 Å². The topological polar surface area (TPSA) is 48.9 Å².